The molecule has 1 N–H and O–H groups in total. The van der Waals surface area contributed by atoms with Crippen molar-refractivity contribution in [3.8, 4) is 0 Å². The molecule has 0 atom stereocenters. The predicted octanol–water partition coefficient (Wildman–Crippen LogP) is 3.66. The summed E-state index contributed by atoms with van der Waals surface area (Å²) in [6.07, 6.45) is 1.10. The number of benzene rings is 1. The number of aliphatic carboxylic acids is 1. The van der Waals surface area contributed by atoms with E-state index in [2.05, 4.69) is 0 Å². The van der Waals surface area contributed by atoms with E-state index in [4.69, 9.17) is 21.1 Å². The Bertz CT molecular complexity index is 532. The molecule has 1 heterocycles. The van der Waals surface area contributed by atoms with Gasteiger partial charge in [-0.05, 0) is 12.1 Å². The zero-order valence-corrected chi connectivity index (χ0v) is 11.5. The molecule has 0 spiro atoms. The second kappa shape index (κ2) is 5.13. The SMILES string of the molecule is CCC1(CC)OC(C(=O)O)=C(c2ccccc2Cl)O1. The van der Waals surface area contributed by atoms with Crippen molar-refractivity contribution >= 4 is 23.3 Å². The van der Waals surface area contributed by atoms with E-state index in [0.29, 0.717) is 23.4 Å². The number of rotatable bonds is 4. The Morgan fingerprint density at radius 1 is 1.26 bits per heavy atom. The molecule has 0 aromatic heterocycles. The molecular formula is C14H15ClO4. The van der Waals surface area contributed by atoms with Gasteiger partial charge >= 0.3 is 5.97 Å². The van der Waals surface area contributed by atoms with Crippen LogP contribution < -0.4 is 0 Å². The van der Waals surface area contributed by atoms with Gasteiger partial charge in [-0.1, -0.05) is 37.6 Å². The lowest BCUT2D eigenvalue weighted by Gasteiger charge is -2.25. The molecule has 1 aliphatic rings. The Labute approximate surface area is 116 Å². The lowest BCUT2D eigenvalue weighted by molar-refractivity contribution is -0.162. The van der Waals surface area contributed by atoms with Crippen molar-refractivity contribution in [1.82, 2.24) is 0 Å². The van der Waals surface area contributed by atoms with Crippen LogP contribution in [0.5, 0.6) is 0 Å². The number of carboxylic acids is 1. The molecule has 0 amide bonds. The third kappa shape index (κ3) is 2.40. The highest BCUT2D eigenvalue weighted by Gasteiger charge is 2.43. The van der Waals surface area contributed by atoms with E-state index in [0.717, 1.165) is 0 Å². The van der Waals surface area contributed by atoms with Gasteiger partial charge in [0.25, 0.3) is 11.5 Å². The second-order valence-electron chi connectivity index (χ2n) is 4.27. The van der Waals surface area contributed by atoms with E-state index in [1.807, 2.05) is 13.8 Å². The van der Waals surface area contributed by atoms with Crippen molar-refractivity contribution in [1.29, 1.82) is 0 Å². The molecule has 2 rings (SSSR count). The minimum Gasteiger partial charge on any atom is -0.475 e. The quantitative estimate of drug-likeness (QED) is 0.916. The first-order chi connectivity index (χ1) is 9.03. The maximum Gasteiger partial charge on any atom is 0.375 e. The fourth-order valence-corrected chi connectivity index (χ4v) is 2.21. The van der Waals surface area contributed by atoms with Crippen molar-refractivity contribution in [3.05, 3.63) is 40.6 Å². The van der Waals surface area contributed by atoms with E-state index >= 15 is 0 Å². The summed E-state index contributed by atoms with van der Waals surface area (Å²) in [6, 6.07) is 6.94. The average Bonchev–Trinajstić information content (AvgIpc) is 2.80. The Balaban J connectivity index is 2.49. The van der Waals surface area contributed by atoms with Crippen LogP contribution in [0, 0.1) is 0 Å². The molecule has 19 heavy (non-hydrogen) atoms. The van der Waals surface area contributed by atoms with Gasteiger partial charge in [0.1, 0.15) is 0 Å². The van der Waals surface area contributed by atoms with Crippen LogP contribution in [0.15, 0.2) is 30.0 Å². The van der Waals surface area contributed by atoms with Crippen LogP contribution in [0.3, 0.4) is 0 Å². The maximum atomic E-state index is 11.3. The number of halogens is 1. The molecule has 5 heteroatoms. The standard InChI is InChI=1S/C14H15ClO4/c1-3-14(4-2)18-11(12(19-14)13(16)17)9-7-5-6-8-10(9)15/h5-8H,3-4H2,1-2H3,(H,16,17). The molecule has 0 fully saturated rings. The lowest BCUT2D eigenvalue weighted by atomic mass is 10.1. The summed E-state index contributed by atoms with van der Waals surface area (Å²) < 4.78 is 11.3. The van der Waals surface area contributed by atoms with Gasteiger partial charge < -0.3 is 14.6 Å². The number of hydrogen-bond acceptors (Lipinski definition) is 3. The summed E-state index contributed by atoms with van der Waals surface area (Å²) in [7, 11) is 0. The molecule has 0 aliphatic carbocycles. The van der Waals surface area contributed by atoms with Crippen LogP contribution in [0.25, 0.3) is 5.76 Å². The molecule has 0 saturated heterocycles. The highest BCUT2D eigenvalue weighted by atomic mass is 35.5. The smallest absolute Gasteiger partial charge is 0.375 e. The predicted molar refractivity (Wildman–Crippen MR) is 71.5 cm³/mol. The number of ether oxygens (including phenoxy) is 2. The van der Waals surface area contributed by atoms with Gasteiger partial charge in [0.2, 0.25) is 0 Å². The second-order valence-corrected chi connectivity index (χ2v) is 4.67. The first-order valence-corrected chi connectivity index (χ1v) is 6.51. The van der Waals surface area contributed by atoms with Crippen LogP contribution in [0.1, 0.15) is 32.3 Å². The van der Waals surface area contributed by atoms with E-state index in [9.17, 15) is 9.90 Å². The molecule has 1 aromatic carbocycles. The Kier molecular flexibility index (Phi) is 3.71. The molecule has 1 aliphatic heterocycles. The third-order valence-electron chi connectivity index (χ3n) is 3.17. The van der Waals surface area contributed by atoms with E-state index in [1.165, 1.54) is 0 Å². The van der Waals surface area contributed by atoms with Gasteiger partial charge in [-0.2, -0.15) is 0 Å². The summed E-state index contributed by atoms with van der Waals surface area (Å²) in [4.78, 5) is 11.3. The van der Waals surface area contributed by atoms with Crippen molar-refractivity contribution < 1.29 is 19.4 Å². The first kappa shape index (κ1) is 13.7. The monoisotopic (exact) mass is 282 g/mol. The van der Waals surface area contributed by atoms with E-state index in [-0.39, 0.29) is 11.5 Å². The number of hydrogen-bond donors (Lipinski definition) is 1. The zero-order valence-electron chi connectivity index (χ0n) is 10.8. The van der Waals surface area contributed by atoms with Crippen molar-refractivity contribution in [2.24, 2.45) is 0 Å². The molecular weight excluding hydrogens is 268 g/mol. The molecule has 0 unspecified atom stereocenters. The lowest BCUT2D eigenvalue weighted by Crippen LogP contribution is -2.29. The largest absolute Gasteiger partial charge is 0.475 e. The van der Waals surface area contributed by atoms with Gasteiger partial charge in [-0.25, -0.2) is 4.79 Å². The zero-order chi connectivity index (χ0) is 14.0. The Hall–Kier alpha value is -1.68. The highest BCUT2D eigenvalue weighted by molar-refractivity contribution is 6.32. The number of carboxylic acid groups (broad SMARTS) is 1. The highest BCUT2D eigenvalue weighted by Crippen LogP contribution is 2.42. The molecule has 1 aromatic rings. The van der Waals surface area contributed by atoms with Gasteiger partial charge in [-0.15, -0.1) is 0 Å². The van der Waals surface area contributed by atoms with Crippen LogP contribution in [-0.2, 0) is 14.3 Å². The van der Waals surface area contributed by atoms with E-state index in [1.54, 1.807) is 24.3 Å². The van der Waals surface area contributed by atoms with Crippen molar-refractivity contribution in [2.75, 3.05) is 0 Å². The van der Waals surface area contributed by atoms with E-state index < -0.39 is 11.8 Å². The Morgan fingerprint density at radius 2 is 1.89 bits per heavy atom. The summed E-state index contributed by atoms with van der Waals surface area (Å²) in [5, 5.41) is 9.69. The number of carbonyl (C=O) groups is 1. The summed E-state index contributed by atoms with van der Waals surface area (Å²) in [6.45, 7) is 3.77. The summed E-state index contributed by atoms with van der Waals surface area (Å²) in [5.74, 6) is -2.06. The molecule has 0 radical (unpaired) electrons. The normalized spacial score (nSPS) is 17.0. The maximum absolute atomic E-state index is 11.3. The molecule has 0 saturated carbocycles. The van der Waals surface area contributed by atoms with Gasteiger partial charge in [-0.3, -0.25) is 0 Å². The third-order valence-corrected chi connectivity index (χ3v) is 3.50. The summed E-state index contributed by atoms with van der Waals surface area (Å²) in [5.41, 5.74) is 0.533. The Morgan fingerprint density at radius 3 is 2.42 bits per heavy atom. The average molecular weight is 283 g/mol. The van der Waals surface area contributed by atoms with Crippen LogP contribution in [0.2, 0.25) is 5.02 Å². The van der Waals surface area contributed by atoms with Gasteiger partial charge in [0.15, 0.2) is 5.76 Å². The topological polar surface area (TPSA) is 55.8 Å². The van der Waals surface area contributed by atoms with Crippen LogP contribution in [0.4, 0.5) is 0 Å². The summed E-state index contributed by atoms with van der Waals surface area (Å²) >= 11 is 6.09. The minimum absolute atomic E-state index is 0.184. The molecule has 102 valence electrons. The van der Waals surface area contributed by atoms with Gasteiger partial charge in [0, 0.05) is 18.4 Å². The minimum atomic E-state index is -1.15. The first-order valence-electron chi connectivity index (χ1n) is 6.13. The van der Waals surface area contributed by atoms with Crippen LogP contribution >= 0.6 is 11.6 Å². The van der Waals surface area contributed by atoms with Crippen molar-refractivity contribution in [3.63, 3.8) is 0 Å². The fourth-order valence-electron chi connectivity index (χ4n) is 1.99. The van der Waals surface area contributed by atoms with Gasteiger partial charge in [0.05, 0.1) is 5.02 Å². The van der Waals surface area contributed by atoms with Crippen LogP contribution in [-0.4, -0.2) is 16.9 Å². The fraction of sp³-hybridized carbons (Fsp3) is 0.357. The molecule has 4 nitrogen and oxygen atoms in total. The van der Waals surface area contributed by atoms with Crippen molar-refractivity contribution in [2.45, 2.75) is 32.5 Å². The molecule has 0 bridgehead atoms.